The van der Waals surface area contributed by atoms with Gasteiger partial charge >= 0.3 is 5.97 Å². The Morgan fingerprint density at radius 1 is 1.26 bits per heavy atom. The van der Waals surface area contributed by atoms with Crippen LogP contribution in [0.3, 0.4) is 0 Å². The largest absolute Gasteiger partial charge is 0.480 e. The lowest BCUT2D eigenvalue weighted by molar-refractivity contribution is -0.142. The van der Waals surface area contributed by atoms with Crippen molar-refractivity contribution in [1.29, 1.82) is 0 Å². The van der Waals surface area contributed by atoms with Crippen LogP contribution in [0.5, 0.6) is 0 Å². The maximum atomic E-state index is 11.7. The molecule has 0 spiro atoms. The number of benzene rings is 1. The van der Waals surface area contributed by atoms with E-state index in [2.05, 4.69) is 22.0 Å². The molecule has 2 aliphatic rings. The van der Waals surface area contributed by atoms with Gasteiger partial charge in [-0.05, 0) is 42.9 Å². The van der Waals surface area contributed by atoms with Crippen LogP contribution in [0.4, 0.5) is 0 Å². The maximum absolute atomic E-state index is 11.7. The van der Waals surface area contributed by atoms with Crippen LogP contribution in [-0.4, -0.2) is 33.0 Å². The van der Waals surface area contributed by atoms with Crippen molar-refractivity contribution < 1.29 is 9.90 Å². The number of hydrogen-bond acceptors (Lipinski definition) is 3. The lowest BCUT2D eigenvalue weighted by atomic mass is 9.84. The highest BCUT2D eigenvalue weighted by molar-refractivity contribution is 5.78. The summed E-state index contributed by atoms with van der Waals surface area (Å²) in [7, 11) is 0. The molecule has 1 aliphatic carbocycles. The zero-order valence-corrected chi connectivity index (χ0v) is 13.2. The first-order valence-corrected chi connectivity index (χ1v) is 8.54. The van der Waals surface area contributed by atoms with Crippen molar-refractivity contribution in [3.05, 3.63) is 42.1 Å². The fourth-order valence-electron chi connectivity index (χ4n) is 4.44. The van der Waals surface area contributed by atoms with Crippen molar-refractivity contribution in [1.82, 2.24) is 9.88 Å². The second-order valence-electron chi connectivity index (χ2n) is 6.91. The Balaban J connectivity index is 1.62. The summed E-state index contributed by atoms with van der Waals surface area (Å²) in [5, 5.41) is 10.7. The van der Waals surface area contributed by atoms with Gasteiger partial charge in [-0.15, -0.1) is 0 Å². The number of aromatic nitrogens is 1. The highest BCUT2D eigenvalue weighted by Gasteiger charge is 2.44. The molecule has 1 saturated heterocycles. The topological polar surface area (TPSA) is 53.4 Å². The van der Waals surface area contributed by atoms with Gasteiger partial charge < -0.3 is 5.11 Å². The van der Waals surface area contributed by atoms with Crippen molar-refractivity contribution in [2.24, 2.45) is 5.92 Å². The van der Waals surface area contributed by atoms with Crippen molar-refractivity contribution in [2.75, 3.05) is 0 Å². The van der Waals surface area contributed by atoms with Crippen LogP contribution < -0.4 is 0 Å². The Morgan fingerprint density at radius 3 is 2.96 bits per heavy atom. The normalized spacial score (nSPS) is 27.9. The van der Waals surface area contributed by atoms with Gasteiger partial charge in [0.25, 0.3) is 0 Å². The van der Waals surface area contributed by atoms with Crippen LogP contribution in [0, 0.1) is 5.92 Å². The summed E-state index contributed by atoms with van der Waals surface area (Å²) in [6.45, 7) is 0.690. The molecule has 1 aromatic heterocycles. The number of carbonyl (C=O) groups is 1. The second-order valence-corrected chi connectivity index (χ2v) is 6.91. The monoisotopic (exact) mass is 310 g/mol. The highest BCUT2D eigenvalue weighted by atomic mass is 16.4. The van der Waals surface area contributed by atoms with Gasteiger partial charge in [-0.25, -0.2) is 0 Å². The van der Waals surface area contributed by atoms with Gasteiger partial charge in [0.2, 0.25) is 0 Å². The summed E-state index contributed by atoms with van der Waals surface area (Å²) in [5.74, 6) is -0.119. The number of fused-ring (bicyclic) bond motifs is 2. The van der Waals surface area contributed by atoms with Gasteiger partial charge in [0.15, 0.2) is 0 Å². The number of carboxylic acids is 1. The van der Waals surface area contributed by atoms with Crippen molar-refractivity contribution in [3.8, 4) is 0 Å². The first-order valence-electron chi connectivity index (χ1n) is 8.54. The molecule has 3 atom stereocenters. The Kier molecular flexibility index (Phi) is 3.77. The first kappa shape index (κ1) is 14.6. The smallest absolute Gasteiger partial charge is 0.320 e. The zero-order valence-electron chi connectivity index (χ0n) is 13.2. The number of para-hydroxylation sites is 1. The Hall–Kier alpha value is -1.94. The minimum absolute atomic E-state index is 0.338. The van der Waals surface area contributed by atoms with Gasteiger partial charge in [-0.3, -0.25) is 14.7 Å². The number of carboxylic acid groups (broad SMARTS) is 1. The van der Waals surface area contributed by atoms with Crippen molar-refractivity contribution in [2.45, 2.75) is 50.7 Å². The molecule has 2 heterocycles. The molecule has 2 aromatic rings. The molecule has 4 rings (SSSR count). The molecule has 4 nitrogen and oxygen atoms in total. The minimum atomic E-state index is -0.673. The molecule has 1 N–H and O–H groups in total. The molecule has 1 aliphatic heterocycles. The third kappa shape index (κ3) is 2.72. The Bertz CT molecular complexity index is 730. The van der Waals surface area contributed by atoms with E-state index in [0.717, 1.165) is 29.3 Å². The van der Waals surface area contributed by atoms with E-state index >= 15 is 0 Å². The van der Waals surface area contributed by atoms with E-state index in [0.29, 0.717) is 18.5 Å². The zero-order chi connectivity index (χ0) is 15.8. The molecule has 3 unspecified atom stereocenters. The fourth-order valence-corrected chi connectivity index (χ4v) is 4.44. The average molecular weight is 310 g/mol. The summed E-state index contributed by atoms with van der Waals surface area (Å²) < 4.78 is 0. The van der Waals surface area contributed by atoms with E-state index in [9.17, 15) is 9.90 Å². The quantitative estimate of drug-likeness (QED) is 0.943. The van der Waals surface area contributed by atoms with E-state index in [1.807, 2.05) is 24.4 Å². The third-order valence-electron chi connectivity index (χ3n) is 5.52. The third-order valence-corrected chi connectivity index (χ3v) is 5.52. The molecule has 2 fully saturated rings. The van der Waals surface area contributed by atoms with Gasteiger partial charge in [0.05, 0.1) is 5.52 Å². The predicted octanol–water partition coefficient (Wildman–Crippen LogP) is 3.45. The van der Waals surface area contributed by atoms with Crippen LogP contribution in [0.15, 0.2) is 36.5 Å². The van der Waals surface area contributed by atoms with Crippen LogP contribution >= 0.6 is 0 Å². The number of pyridine rings is 1. The highest BCUT2D eigenvalue weighted by Crippen LogP contribution is 2.40. The molecule has 1 saturated carbocycles. The minimum Gasteiger partial charge on any atom is -0.480 e. The maximum Gasteiger partial charge on any atom is 0.320 e. The molecule has 1 aromatic carbocycles. The SMILES string of the molecule is O=C(O)C1CC2CCCCC2N1Cc1cnc2ccccc2c1. The summed E-state index contributed by atoms with van der Waals surface area (Å²) in [4.78, 5) is 18.4. The predicted molar refractivity (Wildman–Crippen MR) is 89.1 cm³/mol. The van der Waals surface area contributed by atoms with Crippen LogP contribution in [0.1, 0.15) is 37.7 Å². The standard InChI is InChI=1S/C19H22N2O2/c22-19(23)18-10-15-6-2-4-8-17(15)21(18)12-13-9-14-5-1-3-7-16(14)20-11-13/h1,3,5,7,9,11,15,17-18H,2,4,6,8,10,12H2,(H,22,23). The fraction of sp³-hybridized carbons (Fsp3) is 0.474. The number of likely N-dealkylation sites (tertiary alicyclic amines) is 1. The van der Waals surface area contributed by atoms with E-state index in [-0.39, 0.29) is 6.04 Å². The van der Waals surface area contributed by atoms with E-state index < -0.39 is 5.97 Å². The molecule has 0 radical (unpaired) electrons. The Morgan fingerprint density at radius 2 is 2.09 bits per heavy atom. The molecule has 120 valence electrons. The Labute approximate surface area is 136 Å². The summed E-state index contributed by atoms with van der Waals surface area (Å²) in [6, 6.07) is 10.3. The van der Waals surface area contributed by atoms with E-state index in [1.54, 1.807) is 0 Å². The second kappa shape index (κ2) is 5.93. The van der Waals surface area contributed by atoms with Crippen LogP contribution in [0.2, 0.25) is 0 Å². The summed E-state index contributed by atoms with van der Waals surface area (Å²) in [5.41, 5.74) is 2.10. The molecule has 4 heteroatoms. The van der Waals surface area contributed by atoms with Gasteiger partial charge in [0.1, 0.15) is 6.04 Å². The molecule has 0 bridgehead atoms. The summed E-state index contributed by atoms with van der Waals surface area (Å²) in [6.07, 6.45) is 7.49. The van der Waals surface area contributed by atoms with Crippen LogP contribution in [0.25, 0.3) is 10.9 Å². The van der Waals surface area contributed by atoms with E-state index in [4.69, 9.17) is 0 Å². The first-order chi connectivity index (χ1) is 11.2. The van der Waals surface area contributed by atoms with Gasteiger partial charge in [-0.2, -0.15) is 0 Å². The number of rotatable bonds is 3. The van der Waals surface area contributed by atoms with Gasteiger partial charge in [0, 0.05) is 24.2 Å². The number of nitrogens with zero attached hydrogens (tertiary/aromatic N) is 2. The van der Waals surface area contributed by atoms with Crippen molar-refractivity contribution >= 4 is 16.9 Å². The molecular weight excluding hydrogens is 288 g/mol. The van der Waals surface area contributed by atoms with E-state index in [1.165, 1.54) is 19.3 Å². The van der Waals surface area contributed by atoms with Crippen LogP contribution in [-0.2, 0) is 11.3 Å². The molecule has 23 heavy (non-hydrogen) atoms. The van der Waals surface area contributed by atoms with Crippen molar-refractivity contribution in [3.63, 3.8) is 0 Å². The molecule has 0 amide bonds. The lowest BCUT2D eigenvalue weighted by Crippen LogP contribution is -2.41. The van der Waals surface area contributed by atoms with Gasteiger partial charge in [-0.1, -0.05) is 31.0 Å². The number of hydrogen-bond donors (Lipinski definition) is 1. The summed E-state index contributed by atoms with van der Waals surface area (Å²) >= 11 is 0. The molecular formula is C19H22N2O2. The average Bonchev–Trinajstić information content (AvgIpc) is 2.94. The lowest BCUT2D eigenvalue weighted by Gasteiger charge is -2.33. The number of aliphatic carboxylic acids is 1.